The third kappa shape index (κ3) is 3.25. The van der Waals surface area contributed by atoms with E-state index in [2.05, 4.69) is 20.5 Å². The van der Waals surface area contributed by atoms with Crippen LogP contribution in [0, 0.1) is 5.82 Å². The highest BCUT2D eigenvalue weighted by atomic mass is 19.1. The molecule has 1 atom stereocenters. The number of hydrogen-bond donors (Lipinski definition) is 1. The lowest BCUT2D eigenvalue weighted by Crippen LogP contribution is -2.16. The molecule has 0 bridgehead atoms. The van der Waals surface area contributed by atoms with Crippen LogP contribution >= 0.6 is 0 Å². The first-order valence-electron chi connectivity index (χ1n) is 5.95. The van der Waals surface area contributed by atoms with Gasteiger partial charge in [0.25, 0.3) is 0 Å². The second-order valence-corrected chi connectivity index (χ2v) is 4.10. The van der Waals surface area contributed by atoms with E-state index in [-0.39, 0.29) is 6.04 Å². The fourth-order valence-corrected chi connectivity index (χ4v) is 1.75. The van der Waals surface area contributed by atoms with Crippen molar-refractivity contribution in [3.63, 3.8) is 0 Å². The average Bonchev–Trinajstić information content (AvgIpc) is 2.87. The molecule has 1 unspecified atom stereocenters. The molecule has 102 valence electrons. The molecule has 6 nitrogen and oxygen atoms in total. The number of rotatable bonds is 6. The Morgan fingerprint density at radius 2 is 2.37 bits per heavy atom. The SMILES string of the molecule is COCCn1cnnc1C(C)Nc1ccncc1F. The van der Waals surface area contributed by atoms with Gasteiger partial charge in [0.05, 0.1) is 24.5 Å². The van der Waals surface area contributed by atoms with Crippen LogP contribution in [0.4, 0.5) is 10.1 Å². The Morgan fingerprint density at radius 1 is 1.53 bits per heavy atom. The number of ether oxygens (including phenoxy) is 1. The third-order valence-corrected chi connectivity index (χ3v) is 2.71. The summed E-state index contributed by atoms with van der Waals surface area (Å²) in [6.45, 7) is 3.12. The molecule has 19 heavy (non-hydrogen) atoms. The van der Waals surface area contributed by atoms with E-state index in [0.29, 0.717) is 18.8 Å². The van der Waals surface area contributed by atoms with Crippen molar-refractivity contribution in [2.75, 3.05) is 19.0 Å². The Labute approximate surface area is 110 Å². The maximum Gasteiger partial charge on any atom is 0.164 e. The van der Waals surface area contributed by atoms with E-state index < -0.39 is 5.82 Å². The van der Waals surface area contributed by atoms with E-state index in [9.17, 15) is 4.39 Å². The molecule has 2 heterocycles. The van der Waals surface area contributed by atoms with Crippen molar-refractivity contribution in [2.24, 2.45) is 0 Å². The van der Waals surface area contributed by atoms with Gasteiger partial charge in [-0.2, -0.15) is 0 Å². The second-order valence-electron chi connectivity index (χ2n) is 4.10. The predicted molar refractivity (Wildman–Crippen MR) is 68.1 cm³/mol. The van der Waals surface area contributed by atoms with Crippen molar-refractivity contribution in [2.45, 2.75) is 19.5 Å². The fraction of sp³-hybridized carbons (Fsp3) is 0.417. The fourth-order valence-electron chi connectivity index (χ4n) is 1.75. The maximum absolute atomic E-state index is 13.5. The highest BCUT2D eigenvalue weighted by Crippen LogP contribution is 2.19. The van der Waals surface area contributed by atoms with Crippen LogP contribution in [0.15, 0.2) is 24.8 Å². The number of nitrogens with zero attached hydrogens (tertiary/aromatic N) is 4. The smallest absolute Gasteiger partial charge is 0.164 e. The van der Waals surface area contributed by atoms with Gasteiger partial charge in [-0.25, -0.2) is 4.39 Å². The van der Waals surface area contributed by atoms with Crippen LogP contribution in [0.1, 0.15) is 18.8 Å². The van der Waals surface area contributed by atoms with Gasteiger partial charge in [0.2, 0.25) is 0 Å². The topological polar surface area (TPSA) is 64.9 Å². The Hall–Kier alpha value is -2.02. The first-order chi connectivity index (χ1) is 9.22. The summed E-state index contributed by atoms with van der Waals surface area (Å²) in [6, 6.07) is 1.41. The Bertz CT molecular complexity index is 530. The number of hydrogen-bond acceptors (Lipinski definition) is 5. The molecule has 7 heteroatoms. The lowest BCUT2D eigenvalue weighted by molar-refractivity contribution is 0.186. The molecule has 0 aromatic carbocycles. The summed E-state index contributed by atoms with van der Waals surface area (Å²) in [5, 5.41) is 11.0. The Kier molecular flexibility index (Phi) is 4.40. The van der Waals surface area contributed by atoms with E-state index in [1.807, 2.05) is 11.5 Å². The van der Waals surface area contributed by atoms with Crippen LogP contribution in [0.25, 0.3) is 0 Å². The van der Waals surface area contributed by atoms with Crippen molar-refractivity contribution in [3.05, 3.63) is 36.4 Å². The average molecular weight is 265 g/mol. The van der Waals surface area contributed by atoms with Crippen molar-refractivity contribution in [1.29, 1.82) is 0 Å². The molecule has 0 spiro atoms. The molecule has 2 rings (SSSR count). The first kappa shape index (κ1) is 13.4. The van der Waals surface area contributed by atoms with E-state index in [4.69, 9.17) is 4.74 Å². The summed E-state index contributed by atoms with van der Waals surface area (Å²) in [5.41, 5.74) is 0.392. The second kappa shape index (κ2) is 6.24. The molecule has 0 aliphatic carbocycles. The summed E-state index contributed by atoms with van der Waals surface area (Å²) in [7, 11) is 1.64. The summed E-state index contributed by atoms with van der Waals surface area (Å²) in [5.74, 6) is 0.338. The zero-order valence-corrected chi connectivity index (χ0v) is 10.9. The minimum Gasteiger partial charge on any atom is -0.383 e. The van der Waals surface area contributed by atoms with Gasteiger partial charge in [0.15, 0.2) is 11.6 Å². The highest BCUT2D eigenvalue weighted by Gasteiger charge is 2.14. The minimum atomic E-state index is -0.391. The van der Waals surface area contributed by atoms with Crippen LogP contribution in [0.3, 0.4) is 0 Å². The molecule has 0 saturated carbocycles. The van der Waals surface area contributed by atoms with E-state index in [1.54, 1.807) is 19.5 Å². The largest absolute Gasteiger partial charge is 0.383 e. The number of halogens is 1. The van der Waals surface area contributed by atoms with Crippen LogP contribution in [0.5, 0.6) is 0 Å². The molecule has 0 aliphatic rings. The number of pyridine rings is 1. The van der Waals surface area contributed by atoms with Gasteiger partial charge in [-0.05, 0) is 13.0 Å². The number of anilines is 1. The summed E-state index contributed by atoms with van der Waals surface area (Å²) >= 11 is 0. The molecular weight excluding hydrogens is 249 g/mol. The molecule has 2 aromatic heterocycles. The summed E-state index contributed by atoms with van der Waals surface area (Å²) in [4.78, 5) is 3.71. The molecule has 0 aliphatic heterocycles. The quantitative estimate of drug-likeness (QED) is 0.860. The number of nitrogens with one attached hydrogen (secondary N) is 1. The standard InChI is InChI=1S/C12H16FN5O/c1-9(16-11-3-4-14-7-10(11)13)12-17-15-8-18(12)5-6-19-2/h3-4,7-9H,5-6H2,1-2H3,(H,14,16). The molecule has 0 saturated heterocycles. The van der Waals surface area contributed by atoms with E-state index in [0.717, 1.165) is 5.82 Å². The summed E-state index contributed by atoms with van der Waals surface area (Å²) < 4.78 is 20.4. The van der Waals surface area contributed by atoms with Crippen LogP contribution in [-0.2, 0) is 11.3 Å². The van der Waals surface area contributed by atoms with Crippen molar-refractivity contribution in [1.82, 2.24) is 19.7 Å². The maximum atomic E-state index is 13.5. The van der Waals surface area contributed by atoms with Gasteiger partial charge in [0.1, 0.15) is 6.33 Å². The normalized spacial score (nSPS) is 12.4. The highest BCUT2D eigenvalue weighted by molar-refractivity contribution is 5.44. The Morgan fingerprint density at radius 3 is 3.11 bits per heavy atom. The zero-order chi connectivity index (χ0) is 13.7. The summed E-state index contributed by atoms with van der Waals surface area (Å²) in [6.07, 6.45) is 4.34. The lowest BCUT2D eigenvalue weighted by Gasteiger charge is -2.16. The molecule has 2 aromatic rings. The van der Waals surface area contributed by atoms with Crippen molar-refractivity contribution >= 4 is 5.69 Å². The van der Waals surface area contributed by atoms with Gasteiger partial charge < -0.3 is 14.6 Å². The van der Waals surface area contributed by atoms with Crippen LogP contribution in [0.2, 0.25) is 0 Å². The minimum absolute atomic E-state index is 0.170. The molecule has 0 amide bonds. The van der Waals surface area contributed by atoms with Crippen molar-refractivity contribution < 1.29 is 9.13 Å². The Balaban J connectivity index is 2.10. The zero-order valence-electron chi connectivity index (χ0n) is 10.9. The monoisotopic (exact) mass is 265 g/mol. The van der Waals surface area contributed by atoms with E-state index >= 15 is 0 Å². The van der Waals surface area contributed by atoms with Gasteiger partial charge in [-0.15, -0.1) is 10.2 Å². The van der Waals surface area contributed by atoms with Gasteiger partial charge in [-0.1, -0.05) is 0 Å². The van der Waals surface area contributed by atoms with Crippen molar-refractivity contribution in [3.8, 4) is 0 Å². The molecular formula is C12H16FN5O. The molecule has 0 radical (unpaired) electrons. The van der Waals surface area contributed by atoms with Crippen LogP contribution < -0.4 is 5.32 Å². The van der Waals surface area contributed by atoms with E-state index in [1.165, 1.54) is 12.4 Å². The lowest BCUT2D eigenvalue weighted by atomic mass is 10.2. The van der Waals surface area contributed by atoms with Crippen LogP contribution in [-0.4, -0.2) is 33.5 Å². The van der Waals surface area contributed by atoms with Gasteiger partial charge >= 0.3 is 0 Å². The molecule has 0 fully saturated rings. The van der Waals surface area contributed by atoms with Gasteiger partial charge in [-0.3, -0.25) is 4.98 Å². The van der Waals surface area contributed by atoms with Gasteiger partial charge in [0, 0.05) is 19.9 Å². The third-order valence-electron chi connectivity index (χ3n) is 2.71. The number of methoxy groups -OCH3 is 1. The predicted octanol–water partition coefficient (Wildman–Crippen LogP) is 1.63. The molecule has 1 N–H and O–H groups in total. The number of aromatic nitrogens is 4. The first-order valence-corrected chi connectivity index (χ1v) is 5.95.